The third kappa shape index (κ3) is 6.14. The van der Waals surface area contributed by atoms with Crippen molar-refractivity contribution < 1.29 is 34.1 Å². The highest BCUT2D eigenvalue weighted by atomic mass is 19.1. The molecule has 0 heterocycles. The summed E-state index contributed by atoms with van der Waals surface area (Å²) in [6.07, 6.45) is 2.28. The topological polar surface area (TPSA) is 109 Å². The smallest absolute Gasteiger partial charge is 0.306 e. The van der Waals surface area contributed by atoms with Gasteiger partial charge < -0.3 is 24.9 Å². The minimum absolute atomic E-state index is 0.0560. The number of carbonyl (C=O) groups is 1. The lowest BCUT2D eigenvalue weighted by Gasteiger charge is -2.22. The normalized spacial score (nSPS) is 28.3. The van der Waals surface area contributed by atoms with Crippen LogP contribution in [-0.2, 0) is 9.63 Å². The van der Waals surface area contributed by atoms with Crippen molar-refractivity contribution in [2.75, 3.05) is 13.2 Å². The summed E-state index contributed by atoms with van der Waals surface area (Å²) in [7, 11) is 0. The summed E-state index contributed by atoms with van der Waals surface area (Å²) in [5, 5.41) is 33.3. The van der Waals surface area contributed by atoms with E-state index in [2.05, 4.69) is 5.16 Å². The first-order chi connectivity index (χ1) is 13.9. The summed E-state index contributed by atoms with van der Waals surface area (Å²) < 4.78 is 18.4. The predicted molar refractivity (Wildman–Crippen MR) is 103 cm³/mol. The van der Waals surface area contributed by atoms with Gasteiger partial charge in [-0.25, -0.2) is 4.39 Å². The SMILES string of the molecule is O=C(O)CCON=C1C[C@@H]2C[C@@H](O)[C@H](CCC(O)COc3ccc(F)cc3)[C@@H]2C1. The number of benzene rings is 1. The van der Waals surface area contributed by atoms with Gasteiger partial charge in [0.05, 0.1) is 24.3 Å². The number of ether oxygens (including phenoxy) is 1. The monoisotopic (exact) mass is 409 g/mol. The van der Waals surface area contributed by atoms with E-state index in [1.807, 2.05) is 0 Å². The fourth-order valence-corrected chi connectivity index (χ4v) is 4.45. The molecule has 2 aliphatic carbocycles. The van der Waals surface area contributed by atoms with Crippen LogP contribution in [0.5, 0.6) is 5.75 Å². The Morgan fingerprint density at radius 3 is 2.76 bits per heavy atom. The lowest BCUT2D eigenvalue weighted by Crippen LogP contribution is -2.24. The zero-order valence-electron chi connectivity index (χ0n) is 16.2. The summed E-state index contributed by atoms with van der Waals surface area (Å²) in [6.45, 7) is 0.174. The largest absolute Gasteiger partial charge is 0.491 e. The fourth-order valence-electron chi connectivity index (χ4n) is 4.45. The third-order valence-corrected chi connectivity index (χ3v) is 5.85. The first kappa shape index (κ1) is 21.5. The molecular weight excluding hydrogens is 381 g/mol. The number of aliphatic hydroxyl groups is 2. The number of rotatable bonds is 10. The standard InChI is InChI=1S/C21H28FNO6/c22-14-1-4-17(5-2-14)28-12-16(24)3-6-18-19-11-15(9-13(19)10-20(18)25)23-29-8-7-21(26)27/h1-2,4-5,13,16,18-20,24-25H,3,6-12H2,(H,26,27)/t13-,16?,18-,19-,20-/m1/s1. The van der Waals surface area contributed by atoms with Crippen LogP contribution in [0.2, 0.25) is 0 Å². The van der Waals surface area contributed by atoms with Gasteiger partial charge in [-0.15, -0.1) is 0 Å². The third-order valence-electron chi connectivity index (χ3n) is 5.85. The van der Waals surface area contributed by atoms with Crippen molar-refractivity contribution in [3.05, 3.63) is 30.1 Å². The van der Waals surface area contributed by atoms with Gasteiger partial charge in [0.2, 0.25) is 0 Å². The number of halogens is 1. The zero-order chi connectivity index (χ0) is 20.8. The lowest BCUT2D eigenvalue weighted by molar-refractivity contribution is -0.138. The molecule has 29 heavy (non-hydrogen) atoms. The van der Waals surface area contributed by atoms with E-state index in [9.17, 15) is 19.4 Å². The highest BCUT2D eigenvalue weighted by Crippen LogP contribution is 2.48. The van der Waals surface area contributed by atoms with Gasteiger partial charge in [-0.3, -0.25) is 4.79 Å². The minimum Gasteiger partial charge on any atom is -0.491 e. The molecule has 1 aromatic carbocycles. The summed E-state index contributed by atoms with van der Waals surface area (Å²) in [4.78, 5) is 15.6. The molecule has 0 spiro atoms. The Labute approximate surface area is 169 Å². The molecule has 2 fully saturated rings. The van der Waals surface area contributed by atoms with Gasteiger partial charge >= 0.3 is 5.97 Å². The number of aliphatic carboxylic acids is 1. The van der Waals surface area contributed by atoms with E-state index in [0.29, 0.717) is 36.8 Å². The molecule has 0 radical (unpaired) electrons. The number of carboxylic acid groups (broad SMARTS) is 1. The number of carboxylic acids is 1. The molecule has 0 bridgehead atoms. The summed E-state index contributed by atoms with van der Waals surface area (Å²) >= 11 is 0. The van der Waals surface area contributed by atoms with E-state index in [-0.39, 0.29) is 37.5 Å². The van der Waals surface area contributed by atoms with E-state index in [0.717, 1.165) is 18.6 Å². The van der Waals surface area contributed by atoms with Gasteiger partial charge in [-0.1, -0.05) is 5.16 Å². The molecule has 1 aromatic rings. The fraction of sp³-hybridized carbons (Fsp3) is 0.619. The number of hydrogen-bond donors (Lipinski definition) is 3. The van der Waals surface area contributed by atoms with Gasteiger partial charge in [0, 0.05) is 0 Å². The van der Waals surface area contributed by atoms with Crippen molar-refractivity contribution in [3.8, 4) is 5.75 Å². The summed E-state index contributed by atoms with van der Waals surface area (Å²) in [6, 6.07) is 5.65. The lowest BCUT2D eigenvalue weighted by atomic mass is 9.87. The number of hydrogen-bond acceptors (Lipinski definition) is 6. The maximum Gasteiger partial charge on any atom is 0.306 e. The molecule has 0 amide bonds. The van der Waals surface area contributed by atoms with Crippen LogP contribution in [0.4, 0.5) is 4.39 Å². The molecule has 2 saturated carbocycles. The number of fused-ring (bicyclic) bond motifs is 1. The average Bonchev–Trinajstić information content (AvgIpc) is 3.19. The Morgan fingerprint density at radius 2 is 2.03 bits per heavy atom. The second-order valence-electron chi connectivity index (χ2n) is 7.93. The molecule has 0 saturated heterocycles. The van der Waals surface area contributed by atoms with E-state index in [1.165, 1.54) is 24.3 Å². The van der Waals surface area contributed by atoms with Crippen LogP contribution in [0.15, 0.2) is 29.4 Å². The molecule has 3 N–H and O–H groups in total. The Morgan fingerprint density at radius 1 is 1.28 bits per heavy atom. The van der Waals surface area contributed by atoms with Crippen molar-refractivity contribution >= 4 is 11.7 Å². The van der Waals surface area contributed by atoms with E-state index in [1.54, 1.807) is 0 Å². The minimum atomic E-state index is -0.918. The molecular formula is C21H28FNO6. The zero-order valence-corrected chi connectivity index (χ0v) is 16.2. The van der Waals surface area contributed by atoms with E-state index < -0.39 is 12.1 Å². The van der Waals surface area contributed by atoms with Crippen LogP contribution >= 0.6 is 0 Å². The van der Waals surface area contributed by atoms with Crippen molar-refractivity contribution in [3.63, 3.8) is 0 Å². The molecule has 7 nitrogen and oxygen atoms in total. The van der Waals surface area contributed by atoms with Gasteiger partial charge in [0.1, 0.15) is 24.8 Å². The maximum absolute atomic E-state index is 12.9. The van der Waals surface area contributed by atoms with Gasteiger partial charge in [0.25, 0.3) is 0 Å². The Bertz CT molecular complexity index is 710. The molecule has 3 rings (SSSR count). The second kappa shape index (κ2) is 10.0. The molecule has 8 heteroatoms. The van der Waals surface area contributed by atoms with Crippen LogP contribution in [0.3, 0.4) is 0 Å². The van der Waals surface area contributed by atoms with Crippen LogP contribution in [0.1, 0.15) is 38.5 Å². The summed E-state index contributed by atoms with van der Waals surface area (Å²) in [5.74, 6) is -0.00676. The van der Waals surface area contributed by atoms with Crippen molar-refractivity contribution in [1.82, 2.24) is 0 Å². The quantitative estimate of drug-likeness (QED) is 0.405. The highest BCUT2D eigenvalue weighted by Gasteiger charge is 2.46. The van der Waals surface area contributed by atoms with Crippen LogP contribution < -0.4 is 4.74 Å². The molecule has 1 unspecified atom stereocenters. The highest BCUT2D eigenvalue weighted by molar-refractivity contribution is 5.86. The molecule has 0 aliphatic heterocycles. The summed E-state index contributed by atoms with van der Waals surface area (Å²) in [5.41, 5.74) is 0.919. The first-order valence-corrected chi connectivity index (χ1v) is 10.1. The predicted octanol–water partition coefficient (Wildman–Crippen LogP) is 2.60. The molecule has 5 atom stereocenters. The maximum atomic E-state index is 12.9. The second-order valence-corrected chi connectivity index (χ2v) is 7.93. The molecule has 0 aromatic heterocycles. The number of aliphatic hydroxyl groups excluding tert-OH is 2. The van der Waals surface area contributed by atoms with Crippen LogP contribution in [0, 0.1) is 23.6 Å². The Balaban J connectivity index is 1.42. The van der Waals surface area contributed by atoms with E-state index >= 15 is 0 Å². The van der Waals surface area contributed by atoms with Crippen LogP contribution in [-0.4, -0.2) is 52.4 Å². The van der Waals surface area contributed by atoms with E-state index in [4.69, 9.17) is 14.7 Å². The Hall–Kier alpha value is -2.19. The number of nitrogens with zero attached hydrogens (tertiary/aromatic N) is 1. The molecule has 160 valence electrons. The van der Waals surface area contributed by atoms with Gasteiger partial charge in [-0.05, 0) is 74.1 Å². The number of oxime groups is 1. The van der Waals surface area contributed by atoms with Crippen molar-refractivity contribution in [2.24, 2.45) is 22.9 Å². The van der Waals surface area contributed by atoms with Gasteiger partial charge in [-0.2, -0.15) is 0 Å². The first-order valence-electron chi connectivity index (χ1n) is 10.1. The van der Waals surface area contributed by atoms with Crippen molar-refractivity contribution in [2.45, 2.75) is 50.7 Å². The van der Waals surface area contributed by atoms with Crippen LogP contribution in [0.25, 0.3) is 0 Å². The van der Waals surface area contributed by atoms with Gasteiger partial charge in [0.15, 0.2) is 0 Å². The average molecular weight is 409 g/mol. The van der Waals surface area contributed by atoms with Crippen molar-refractivity contribution in [1.29, 1.82) is 0 Å². The molecule has 2 aliphatic rings. The Kier molecular flexibility index (Phi) is 7.44.